The number of nitrogens with one attached hydrogen (secondary N) is 1. The van der Waals surface area contributed by atoms with Crippen LogP contribution in [-0.2, 0) is 14.4 Å². The molecular weight excluding hydrogens is 170 g/mol. The summed E-state index contributed by atoms with van der Waals surface area (Å²) >= 11 is 0. The van der Waals surface area contributed by atoms with Crippen LogP contribution in [0.4, 0.5) is 0 Å². The minimum atomic E-state index is -3.50. The van der Waals surface area contributed by atoms with E-state index in [2.05, 4.69) is 9.76 Å². The largest absolute Gasteiger partial charge is 0.329 e. The second kappa shape index (κ2) is 5.44. The molecular formula is C4H13N3O3S. The average molecular weight is 183 g/mol. The summed E-state index contributed by atoms with van der Waals surface area (Å²) < 4.78 is 25.7. The van der Waals surface area contributed by atoms with Gasteiger partial charge in [0.2, 0.25) is 0 Å². The van der Waals surface area contributed by atoms with Gasteiger partial charge in [0.1, 0.15) is 0 Å². The molecule has 7 heteroatoms. The quantitative estimate of drug-likeness (QED) is 0.317. The molecule has 0 unspecified atom stereocenters. The highest BCUT2D eigenvalue weighted by Crippen LogP contribution is 1.86. The van der Waals surface area contributed by atoms with Gasteiger partial charge in [-0.15, -0.1) is 0 Å². The summed E-state index contributed by atoms with van der Waals surface area (Å²) in [6, 6.07) is 0. The lowest BCUT2D eigenvalue weighted by molar-refractivity contribution is 0.208. The molecule has 6 nitrogen and oxygen atoms in total. The van der Waals surface area contributed by atoms with Gasteiger partial charge in [0, 0.05) is 19.6 Å². The Morgan fingerprint density at radius 1 is 1.27 bits per heavy atom. The molecule has 0 aliphatic heterocycles. The van der Waals surface area contributed by atoms with E-state index in [4.69, 9.17) is 11.5 Å². The Bertz CT molecular complexity index is 179. The first-order chi connectivity index (χ1) is 5.12. The van der Waals surface area contributed by atoms with Crippen molar-refractivity contribution >= 4 is 10.1 Å². The zero-order valence-electron chi connectivity index (χ0n) is 6.12. The number of nitrogens with two attached hydrogens (primary N) is 2. The van der Waals surface area contributed by atoms with E-state index in [1.165, 1.54) is 0 Å². The average Bonchev–Trinajstić information content (AvgIpc) is 1.87. The van der Waals surface area contributed by atoms with Crippen LogP contribution in [-0.4, -0.2) is 33.8 Å². The smallest absolute Gasteiger partial charge is 0.284 e. The molecule has 0 atom stereocenters. The molecule has 0 bridgehead atoms. The van der Waals surface area contributed by atoms with Gasteiger partial charge >= 0.3 is 0 Å². The van der Waals surface area contributed by atoms with E-state index >= 15 is 0 Å². The normalized spacial score (nSPS) is 11.8. The summed E-state index contributed by atoms with van der Waals surface area (Å²) in [4.78, 5) is 0. The van der Waals surface area contributed by atoms with Crippen LogP contribution in [0.3, 0.4) is 0 Å². The van der Waals surface area contributed by atoms with E-state index in [1.807, 2.05) is 0 Å². The minimum absolute atomic E-state index is 0.0483. The third kappa shape index (κ3) is 6.20. The van der Waals surface area contributed by atoms with Crippen LogP contribution in [0.15, 0.2) is 0 Å². The first kappa shape index (κ1) is 10.8. The first-order valence-corrected chi connectivity index (χ1v) is 4.74. The van der Waals surface area contributed by atoms with Crippen molar-refractivity contribution in [1.29, 1.82) is 0 Å². The zero-order chi connectivity index (χ0) is 8.74. The Labute approximate surface area is 66.0 Å². The molecule has 0 saturated carbocycles. The maximum Gasteiger partial charge on any atom is 0.284 e. The summed E-state index contributed by atoms with van der Waals surface area (Å²) in [5, 5.41) is 0. The number of hydrogen-bond acceptors (Lipinski definition) is 6. The van der Waals surface area contributed by atoms with E-state index < -0.39 is 10.1 Å². The van der Waals surface area contributed by atoms with Crippen LogP contribution in [0.25, 0.3) is 0 Å². The first-order valence-electron chi connectivity index (χ1n) is 3.16. The van der Waals surface area contributed by atoms with E-state index in [0.717, 1.165) is 0 Å². The monoisotopic (exact) mass is 183 g/mol. The molecule has 0 spiro atoms. The van der Waals surface area contributed by atoms with Gasteiger partial charge in [-0.25, -0.2) is 0 Å². The summed E-state index contributed by atoms with van der Waals surface area (Å²) in [6.07, 6.45) is 0. The Hall–Kier alpha value is -0.210. The number of rotatable bonds is 6. The highest BCUT2D eigenvalue weighted by Gasteiger charge is 2.08. The molecule has 0 heterocycles. The van der Waals surface area contributed by atoms with Crippen molar-refractivity contribution in [2.75, 3.05) is 25.4 Å². The predicted molar refractivity (Wildman–Crippen MR) is 41.0 cm³/mol. The molecule has 0 saturated heterocycles. The molecule has 0 aliphatic carbocycles. The standard InChI is InChI=1S/C4H13N3O3S/c5-1-3-7-10-11(8,9)4-2-6/h7H,1-6H2. The lowest BCUT2D eigenvalue weighted by Crippen LogP contribution is -2.29. The summed E-state index contributed by atoms with van der Waals surface area (Å²) in [5.41, 5.74) is 12.3. The van der Waals surface area contributed by atoms with Gasteiger partial charge in [-0.2, -0.15) is 18.2 Å². The van der Waals surface area contributed by atoms with E-state index in [-0.39, 0.29) is 12.3 Å². The lowest BCUT2D eigenvalue weighted by atomic mass is 10.7. The fourth-order valence-corrected chi connectivity index (χ4v) is 1.01. The molecule has 5 N–H and O–H groups in total. The van der Waals surface area contributed by atoms with Gasteiger partial charge < -0.3 is 11.5 Å². The van der Waals surface area contributed by atoms with Crippen molar-refractivity contribution in [3.63, 3.8) is 0 Å². The van der Waals surface area contributed by atoms with E-state index in [1.54, 1.807) is 0 Å². The highest BCUT2D eigenvalue weighted by molar-refractivity contribution is 7.86. The van der Waals surface area contributed by atoms with Crippen molar-refractivity contribution in [3.8, 4) is 0 Å². The summed E-state index contributed by atoms with van der Waals surface area (Å²) in [5.74, 6) is -0.190. The van der Waals surface area contributed by atoms with Gasteiger partial charge in [-0.05, 0) is 0 Å². The van der Waals surface area contributed by atoms with Crippen molar-refractivity contribution in [3.05, 3.63) is 0 Å². The third-order valence-electron chi connectivity index (χ3n) is 0.800. The second-order valence-corrected chi connectivity index (χ2v) is 3.51. The Morgan fingerprint density at radius 3 is 2.36 bits per heavy atom. The molecule has 0 aromatic rings. The van der Waals surface area contributed by atoms with Crippen LogP contribution in [0.5, 0.6) is 0 Å². The van der Waals surface area contributed by atoms with Crippen molar-refractivity contribution in [2.24, 2.45) is 11.5 Å². The summed E-state index contributed by atoms with van der Waals surface area (Å²) in [6.45, 7) is 0.661. The van der Waals surface area contributed by atoms with Crippen LogP contribution in [0.2, 0.25) is 0 Å². The van der Waals surface area contributed by atoms with Crippen LogP contribution in [0.1, 0.15) is 0 Å². The molecule has 0 aliphatic rings. The van der Waals surface area contributed by atoms with Gasteiger partial charge in [-0.1, -0.05) is 0 Å². The van der Waals surface area contributed by atoms with Gasteiger partial charge in [-0.3, -0.25) is 0 Å². The Morgan fingerprint density at radius 2 is 1.91 bits per heavy atom. The van der Waals surface area contributed by atoms with Gasteiger partial charge in [0.15, 0.2) is 0 Å². The van der Waals surface area contributed by atoms with E-state index in [0.29, 0.717) is 13.1 Å². The van der Waals surface area contributed by atoms with Crippen molar-refractivity contribution in [2.45, 2.75) is 0 Å². The van der Waals surface area contributed by atoms with Crippen molar-refractivity contribution in [1.82, 2.24) is 5.48 Å². The molecule has 0 rings (SSSR count). The molecule has 68 valence electrons. The maximum absolute atomic E-state index is 10.7. The molecule has 0 fully saturated rings. The summed E-state index contributed by atoms with van der Waals surface area (Å²) in [7, 11) is -3.50. The third-order valence-corrected chi connectivity index (χ3v) is 1.91. The molecule has 0 radical (unpaired) electrons. The van der Waals surface area contributed by atoms with Gasteiger partial charge in [0.05, 0.1) is 5.75 Å². The fraction of sp³-hybridized carbons (Fsp3) is 1.00. The predicted octanol–water partition coefficient (Wildman–Crippen LogP) is -2.25. The zero-order valence-corrected chi connectivity index (χ0v) is 6.93. The van der Waals surface area contributed by atoms with Gasteiger partial charge in [0.25, 0.3) is 10.1 Å². The van der Waals surface area contributed by atoms with Crippen LogP contribution >= 0.6 is 0 Å². The molecule has 0 amide bonds. The minimum Gasteiger partial charge on any atom is -0.329 e. The molecule has 0 aromatic carbocycles. The van der Waals surface area contributed by atoms with Crippen molar-refractivity contribution < 1.29 is 12.7 Å². The fourth-order valence-electron chi connectivity index (χ4n) is 0.376. The lowest BCUT2D eigenvalue weighted by Gasteiger charge is -2.02. The Kier molecular flexibility index (Phi) is 5.34. The topological polar surface area (TPSA) is 107 Å². The van der Waals surface area contributed by atoms with Crippen LogP contribution in [0, 0.1) is 0 Å². The van der Waals surface area contributed by atoms with Crippen LogP contribution < -0.4 is 16.9 Å². The number of hydroxylamine groups is 1. The second-order valence-electron chi connectivity index (χ2n) is 1.82. The SMILES string of the molecule is NCCNOS(=O)(=O)CCN. The highest BCUT2D eigenvalue weighted by atomic mass is 32.2. The Balaban J connectivity index is 3.56. The molecule has 0 aromatic heterocycles. The number of hydrogen-bond donors (Lipinski definition) is 3. The van der Waals surface area contributed by atoms with E-state index in [9.17, 15) is 8.42 Å². The molecule has 11 heavy (non-hydrogen) atoms. The maximum atomic E-state index is 10.7.